The van der Waals surface area contributed by atoms with Crippen LogP contribution in [0.3, 0.4) is 0 Å². The highest BCUT2D eigenvalue weighted by molar-refractivity contribution is 9.10. The van der Waals surface area contributed by atoms with Gasteiger partial charge in [-0.25, -0.2) is 4.79 Å². The Morgan fingerprint density at radius 1 is 1.27 bits per heavy atom. The highest BCUT2D eigenvalue weighted by atomic mass is 79.9. The molecule has 0 aliphatic carbocycles. The summed E-state index contributed by atoms with van der Waals surface area (Å²) in [5, 5.41) is 0. The quantitative estimate of drug-likeness (QED) is 0.542. The summed E-state index contributed by atoms with van der Waals surface area (Å²) in [6.07, 6.45) is 2.65. The fourth-order valence-electron chi connectivity index (χ4n) is 3.01. The zero-order chi connectivity index (χ0) is 16.0. The number of esters is 1. The average Bonchev–Trinajstić information content (AvgIpc) is 2.98. The fraction of sp³-hybridized carbons (Fsp3) is 0.588. The van der Waals surface area contributed by atoms with Gasteiger partial charge in [0.05, 0.1) is 36.3 Å². The molecule has 0 atom stereocenters. The standard InChI is InChI=1S/C17H25BrNO3/c1-3-19(9-5-6-10-19)11-12-22-16-8-7-14(13-15(16)18)17(20)21-4-2/h7-8,13H,3-6,9-12H2,1-2H3/q+1. The lowest BCUT2D eigenvalue weighted by molar-refractivity contribution is -0.915. The molecule has 1 aliphatic heterocycles. The number of benzene rings is 1. The van der Waals surface area contributed by atoms with Crippen molar-refractivity contribution in [3.8, 4) is 5.75 Å². The Labute approximate surface area is 141 Å². The maximum atomic E-state index is 11.7. The molecule has 1 aromatic rings. The Hall–Kier alpha value is -1.07. The van der Waals surface area contributed by atoms with E-state index in [0.29, 0.717) is 18.8 Å². The molecule has 1 heterocycles. The van der Waals surface area contributed by atoms with Gasteiger partial charge in [0, 0.05) is 12.8 Å². The van der Waals surface area contributed by atoms with E-state index in [9.17, 15) is 4.79 Å². The molecule has 2 rings (SSSR count). The monoisotopic (exact) mass is 370 g/mol. The van der Waals surface area contributed by atoms with Crippen molar-refractivity contribution in [3.05, 3.63) is 28.2 Å². The summed E-state index contributed by atoms with van der Waals surface area (Å²) >= 11 is 3.47. The van der Waals surface area contributed by atoms with E-state index >= 15 is 0 Å². The van der Waals surface area contributed by atoms with Crippen LogP contribution in [-0.4, -0.2) is 49.8 Å². The Bertz CT molecular complexity index is 513. The van der Waals surface area contributed by atoms with Crippen molar-refractivity contribution < 1.29 is 18.8 Å². The number of hydrogen-bond acceptors (Lipinski definition) is 3. The van der Waals surface area contributed by atoms with Gasteiger partial charge in [-0.1, -0.05) is 0 Å². The number of hydrogen-bond donors (Lipinski definition) is 0. The van der Waals surface area contributed by atoms with Gasteiger partial charge in [0.1, 0.15) is 18.9 Å². The number of halogens is 1. The minimum Gasteiger partial charge on any atom is -0.487 e. The third-order valence-electron chi connectivity index (χ3n) is 4.45. The first kappa shape index (κ1) is 17.3. The Kier molecular flexibility index (Phi) is 6.26. The fourth-order valence-corrected chi connectivity index (χ4v) is 3.51. The topological polar surface area (TPSA) is 35.5 Å². The van der Waals surface area contributed by atoms with Gasteiger partial charge < -0.3 is 14.0 Å². The maximum absolute atomic E-state index is 11.7. The smallest absolute Gasteiger partial charge is 0.338 e. The summed E-state index contributed by atoms with van der Waals surface area (Å²) in [5.41, 5.74) is 0.540. The van der Waals surface area contributed by atoms with E-state index in [0.717, 1.165) is 16.8 Å². The van der Waals surface area contributed by atoms with Gasteiger partial charge in [-0.15, -0.1) is 0 Å². The Morgan fingerprint density at radius 3 is 2.59 bits per heavy atom. The van der Waals surface area contributed by atoms with Gasteiger partial charge in [0.15, 0.2) is 0 Å². The van der Waals surface area contributed by atoms with Gasteiger partial charge in [-0.05, 0) is 48.0 Å². The predicted molar refractivity (Wildman–Crippen MR) is 90.2 cm³/mol. The highest BCUT2D eigenvalue weighted by Crippen LogP contribution is 2.27. The van der Waals surface area contributed by atoms with Gasteiger partial charge in [-0.3, -0.25) is 0 Å². The molecule has 0 saturated carbocycles. The Balaban J connectivity index is 1.91. The molecular weight excluding hydrogens is 346 g/mol. The molecule has 22 heavy (non-hydrogen) atoms. The molecule has 0 aromatic heterocycles. The lowest BCUT2D eigenvalue weighted by Crippen LogP contribution is -2.47. The first-order chi connectivity index (χ1) is 10.6. The third-order valence-corrected chi connectivity index (χ3v) is 5.07. The molecule has 1 aromatic carbocycles. The lowest BCUT2D eigenvalue weighted by atomic mass is 10.2. The van der Waals surface area contributed by atoms with E-state index < -0.39 is 0 Å². The summed E-state index contributed by atoms with van der Waals surface area (Å²) in [5.74, 6) is 0.476. The molecule has 122 valence electrons. The zero-order valence-corrected chi connectivity index (χ0v) is 15.0. The van der Waals surface area contributed by atoms with Crippen LogP contribution in [0.15, 0.2) is 22.7 Å². The Morgan fingerprint density at radius 2 is 2.00 bits per heavy atom. The highest BCUT2D eigenvalue weighted by Gasteiger charge is 2.29. The predicted octanol–water partition coefficient (Wildman–Crippen LogP) is 3.64. The minimum atomic E-state index is -0.303. The number of ether oxygens (including phenoxy) is 2. The van der Waals surface area contributed by atoms with Crippen LogP contribution in [0.5, 0.6) is 5.75 Å². The SMILES string of the molecule is CCOC(=O)c1ccc(OCC[N+]2(CC)CCCC2)c(Br)c1. The van der Waals surface area contributed by atoms with Crippen LogP contribution >= 0.6 is 15.9 Å². The van der Waals surface area contributed by atoms with Crippen LogP contribution in [0.4, 0.5) is 0 Å². The second kappa shape index (κ2) is 7.97. The van der Waals surface area contributed by atoms with Crippen molar-refractivity contribution in [1.82, 2.24) is 0 Å². The molecule has 0 spiro atoms. The van der Waals surface area contributed by atoms with Crippen LogP contribution < -0.4 is 4.74 Å². The summed E-state index contributed by atoms with van der Waals surface area (Å²) in [6.45, 7) is 9.89. The van der Waals surface area contributed by atoms with E-state index in [2.05, 4.69) is 22.9 Å². The van der Waals surface area contributed by atoms with Gasteiger partial charge >= 0.3 is 5.97 Å². The second-order valence-electron chi connectivity index (χ2n) is 5.75. The molecule has 0 amide bonds. The van der Waals surface area contributed by atoms with E-state index in [1.54, 1.807) is 19.1 Å². The van der Waals surface area contributed by atoms with Crippen molar-refractivity contribution in [3.63, 3.8) is 0 Å². The zero-order valence-electron chi connectivity index (χ0n) is 13.4. The molecule has 4 nitrogen and oxygen atoms in total. The van der Waals surface area contributed by atoms with Crippen molar-refractivity contribution in [1.29, 1.82) is 0 Å². The molecule has 0 bridgehead atoms. The van der Waals surface area contributed by atoms with Crippen LogP contribution in [0, 0.1) is 0 Å². The van der Waals surface area contributed by atoms with Gasteiger partial charge in [-0.2, -0.15) is 0 Å². The number of nitrogens with zero attached hydrogens (tertiary/aromatic N) is 1. The number of likely N-dealkylation sites (N-methyl/N-ethyl adjacent to an activating group) is 1. The number of carbonyl (C=O) groups is 1. The van der Waals surface area contributed by atoms with E-state index in [1.165, 1.54) is 37.0 Å². The van der Waals surface area contributed by atoms with Gasteiger partial charge in [0.2, 0.25) is 0 Å². The van der Waals surface area contributed by atoms with Crippen LogP contribution in [-0.2, 0) is 4.74 Å². The second-order valence-corrected chi connectivity index (χ2v) is 6.60. The number of carbonyl (C=O) groups excluding carboxylic acids is 1. The van der Waals surface area contributed by atoms with Crippen molar-refractivity contribution in [2.24, 2.45) is 0 Å². The van der Waals surface area contributed by atoms with Crippen molar-refractivity contribution >= 4 is 21.9 Å². The molecule has 5 heteroatoms. The summed E-state index contributed by atoms with van der Waals surface area (Å²) in [7, 11) is 0. The maximum Gasteiger partial charge on any atom is 0.338 e. The third kappa shape index (κ3) is 4.23. The van der Waals surface area contributed by atoms with Crippen LogP contribution in [0.1, 0.15) is 37.0 Å². The molecule has 0 radical (unpaired) electrons. The van der Waals surface area contributed by atoms with Crippen molar-refractivity contribution in [2.75, 3.05) is 39.4 Å². The molecule has 1 aliphatic rings. The van der Waals surface area contributed by atoms with Gasteiger partial charge in [0.25, 0.3) is 0 Å². The van der Waals surface area contributed by atoms with Crippen LogP contribution in [0.25, 0.3) is 0 Å². The number of quaternary nitrogens is 1. The van der Waals surface area contributed by atoms with E-state index in [1.807, 2.05) is 6.07 Å². The van der Waals surface area contributed by atoms with E-state index in [-0.39, 0.29) is 5.97 Å². The normalized spacial score (nSPS) is 16.5. The lowest BCUT2D eigenvalue weighted by Gasteiger charge is -2.32. The summed E-state index contributed by atoms with van der Waals surface area (Å²) < 4.78 is 12.9. The first-order valence-corrected chi connectivity index (χ1v) is 8.84. The minimum absolute atomic E-state index is 0.303. The summed E-state index contributed by atoms with van der Waals surface area (Å²) in [6, 6.07) is 5.34. The molecule has 1 fully saturated rings. The molecule has 0 unspecified atom stereocenters. The average molecular weight is 371 g/mol. The molecular formula is C17H25BrNO3+. The van der Waals surface area contributed by atoms with E-state index in [4.69, 9.17) is 9.47 Å². The number of rotatable bonds is 7. The molecule has 0 N–H and O–H groups in total. The first-order valence-electron chi connectivity index (χ1n) is 8.05. The largest absolute Gasteiger partial charge is 0.487 e. The van der Waals surface area contributed by atoms with Crippen LogP contribution in [0.2, 0.25) is 0 Å². The summed E-state index contributed by atoms with van der Waals surface area (Å²) in [4.78, 5) is 11.7. The van der Waals surface area contributed by atoms with Crippen molar-refractivity contribution in [2.45, 2.75) is 26.7 Å². The number of likely N-dealkylation sites (tertiary alicyclic amines) is 1. The molecule has 1 saturated heterocycles.